The van der Waals surface area contributed by atoms with Crippen molar-refractivity contribution in [2.45, 2.75) is 32.7 Å². The topological polar surface area (TPSA) is 43.8 Å². The van der Waals surface area contributed by atoms with E-state index in [0.29, 0.717) is 0 Å². The summed E-state index contributed by atoms with van der Waals surface area (Å²) in [7, 11) is 1.96. The summed E-state index contributed by atoms with van der Waals surface area (Å²) in [5, 5.41) is 4.26. The predicted molar refractivity (Wildman–Crippen MR) is 49.9 cm³/mol. The molecule has 0 bridgehead atoms. The second-order valence-corrected chi connectivity index (χ2v) is 3.27. The average Bonchev–Trinajstić information content (AvgIpc) is 2.30. The van der Waals surface area contributed by atoms with Crippen LogP contribution in [-0.2, 0) is 13.5 Å². The second kappa shape index (κ2) is 3.72. The first-order chi connectivity index (χ1) is 5.63. The molecule has 0 aromatic carbocycles. The van der Waals surface area contributed by atoms with E-state index in [1.54, 1.807) is 0 Å². The summed E-state index contributed by atoms with van der Waals surface area (Å²) < 4.78 is 1.91. The summed E-state index contributed by atoms with van der Waals surface area (Å²) in [5.41, 5.74) is 8.13. The number of aromatic nitrogens is 2. The first kappa shape index (κ1) is 9.26. The van der Waals surface area contributed by atoms with Gasteiger partial charge in [0.1, 0.15) is 0 Å². The number of rotatable bonds is 3. The van der Waals surface area contributed by atoms with Gasteiger partial charge in [0.15, 0.2) is 0 Å². The molecule has 0 aliphatic rings. The van der Waals surface area contributed by atoms with Gasteiger partial charge in [-0.3, -0.25) is 4.68 Å². The van der Waals surface area contributed by atoms with E-state index in [1.807, 2.05) is 18.7 Å². The van der Waals surface area contributed by atoms with Crippen molar-refractivity contribution < 1.29 is 0 Å². The number of nitrogens with two attached hydrogens (primary N) is 1. The van der Waals surface area contributed by atoms with Crippen LogP contribution in [0.15, 0.2) is 6.07 Å². The quantitative estimate of drug-likeness (QED) is 0.730. The van der Waals surface area contributed by atoms with E-state index in [9.17, 15) is 0 Å². The third kappa shape index (κ3) is 2.08. The van der Waals surface area contributed by atoms with Gasteiger partial charge in [-0.15, -0.1) is 0 Å². The van der Waals surface area contributed by atoms with E-state index >= 15 is 0 Å². The van der Waals surface area contributed by atoms with Crippen molar-refractivity contribution in [2.24, 2.45) is 12.8 Å². The molecule has 2 N–H and O–H groups in total. The highest BCUT2D eigenvalue weighted by Gasteiger charge is 2.05. The molecule has 0 amide bonds. The molecule has 0 spiro atoms. The van der Waals surface area contributed by atoms with Crippen LogP contribution < -0.4 is 5.73 Å². The van der Waals surface area contributed by atoms with Crippen LogP contribution in [0.3, 0.4) is 0 Å². The smallest absolute Gasteiger partial charge is 0.0596 e. The normalized spacial score (nSPS) is 13.3. The molecular formula is C9H17N3. The van der Waals surface area contributed by atoms with Crippen molar-refractivity contribution in [3.05, 3.63) is 17.5 Å². The van der Waals surface area contributed by atoms with Gasteiger partial charge in [-0.05, 0) is 19.4 Å². The van der Waals surface area contributed by atoms with Crippen LogP contribution in [-0.4, -0.2) is 15.8 Å². The van der Waals surface area contributed by atoms with E-state index in [1.165, 1.54) is 5.69 Å². The van der Waals surface area contributed by atoms with Gasteiger partial charge in [0.2, 0.25) is 0 Å². The zero-order valence-corrected chi connectivity index (χ0v) is 8.04. The maximum Gasteiger partial charge on any atom is 0.0596 e. The fourth-order valence-electron chi connectivity index (χ4n) is 1.27. The Morgan fingerprint density at radius 3 is 2.75 bits per heavy atom. The van der Waals surface area contributed by atoms with Crippen LogP contribution in [0.1, 0.15) is 24.7 Å². The summed E-state index contributed by atoms with van der Waals surface area (Å²) in [6.07, 6.45) is 1.94. The Kier molecular flexibility index (Phi) is 2.87. The fourth-order valence-corrected chi connectivity index (χ4v) is 1.27. The van der Waals surface area contributed by atoms with E-state index in [4.69, 9.17) is 5.73 Å². The third-order valence-corrected chi connectivity index (χ3v) is 2.09. The molecule has 1 unspecified atom stereocenters. The summed E-state index contributed by atoms with van der Waals surface area (Å²) >= 11 is 0. The summed E-state index contributed by atoms with van der Waals surface area (Å²) in [6.45, 7) is 4.11. The fraction of sp³-hybridized carbons (Fsp3) is 0.667. The van der Waals surface area contributed by atoms with Gasteiger partial charge in [-0.2, -0.15) is 5.10 Å². The highest BCUT2D eigenvalue weighted by atomic mass is 15.3. The Balaban J connectivity index is 2.68. The molecule has 1 aromatic rings. The van der Waals surface area contributed by atoms with Crippen molar-refractivity contribution in [3.8, 4) is 0 Å². The van der Waals surface area contributed by atoms with Crippen LogP contribution in [0.2, 0.25) is 0 Å². The van der Waals surface area contributed by atoms with Crippen molar-refractivity contribution in [1.29, 1.82) is 0 Å². The van der Waals surface area contributed by atoms with Crippen LogP contribution in [0.4, 0.5) is 0 Å². The van der Waals surface area contributed by atoms with Crippen molar-refractivity contribution in [1.82, 2.24) is 9.78 Å². The van der Waals surface area contributed by atoms with Crippen LogP contribution >= 0.6 is 0 Å². The van der Waals surface area contributed by atoms with Gasteiger partial charge in [0.05, 0.1) is 5.69 Å². The first-order valence-corrected chi connectivity index (χ1v) is 4.38. The lowest BCUT2D eigenvalue weighted by molar-refractivity contribution is 0.601. The second-order valence-electron chi connectivity index (χ2n) is 3.27. The Morgan fingerprint density at radius 2 is 2.33 bits per heavy atom. The molecule has 1 heterocycles. The maximum atomic E-state index is 5.84. The van der Waals surface area contributed by atoms with Gasteiger partial charge in [-0.25, -0.2) is 0 Å². The lowest BCUT2D eigenvalue weighted by Crippen LogP contribution is -2.22. The molecule has 0 fully saturated rings. The van der Waals surface area contributed by atoms with E-state index < -0.39 is 0 Å². The predicted octanol–water partition coefficient (Wildman–Crippen LogP) is 1.01. The van der Waals surface area contributed by atoms with E-state index in [-0.39, 0.29) is 6.04 Å². The lowest BCUT2D eigenvalue weighted by Gasteiger charge is -2.07. The molecule has 0 aliphatic carbocycles. The van der Waals surface area contributed by atoms with Gasteiger partial charge in [-0.1, -0.05) is 6.92 Å². The summed E-state index contributed by atoms with van der Waals surface area (Å²) in [5.74, 6) is 0. The van der Waals surface area contributed by atoms with Gasteiger partial charge in [0, 0.05) is 25.2 Å². The molecule has 0 aliphatic heterocycles. The van der Waals surface area contributed by atoms with E-state index in [2.05, 4.69) is 18.1 Å². The standard InChI is InChI=1S/C9H17N3/c1-4-8(10)6-9-5-7(2)11-12(9)3/h5,8H,4,6,10H2,1-3H3. The molecule has 0 saturated carbocycles. The van der Waals surface area contributed by atoms with Gasteiger partial charge < -0.3 is 5.73 Å². The Bertz CT molecular complexity index is 252. The number of aryl methyl sites for hydroxylation is 2. The highest BCUT2D eigenvalue weighted by molar-refractivity contribution is 5.09. The van der Waals surface area contributed by atoms with Crippen molar-refractivity contribution in [3.63, 3.8) is 0 Å². The lowest BCUT2D eigenvalue weighted by atomic mass is 10.1. The minimum atomic E-state index is 0.264. The van der Waals surface area contributed by atoms with Crippen LogP contribution in [0.5, 0.6) is 0 Å². The summed E-state index contributed by atoms with van der Waals surface area (Å²) in [4.78, 5) is 0. The molecule has 0 radical (unpaired) electrons. The molecule has 1 aromatic heterocycles. The number of hydrogen-bond acceptors (Lipinski definition) is 2. The Hall–Kier alpha value is -0.830. The molecule has 3 nitrogen and oxygen atoms in total. The number of nitrogens with zero attached hydrogens (tertiary/aromatic N) is 2. The summed E-state index contributed by atoms with van der Waals surface area (Å²) in [6, 6.07) is 2.36. The maximum absolute atomic E-state index is 5.84. The molecule has 0 saturated heterocycles. The molecule has 3 heteroatoms. The van der Waals surface area contributed by atoms with Crippen molar-refractivity contribution in [2.75, 3.05) is 0 Å². The zero-order valence-electron chi connectivity index (χ0n) is 8.04. The highest BCUT2D eigenvalue weighted by Crippen LogP contribution is 2.05. The molecule has 1 rings (SSSR count). The molecule has 1 atom stereocenters. The zero-order chi connectivity index (χ0) is 9.14. The number of hydrogen-bond donors (Lipinski definition) is 1. The Labute approximate surface area is 73.6 Å². The van der Waals surface area contributed by atoms with Crippen LogP contribution in [0.25, 0.3) is 0 Å². The minimum absolute atomic E-state index is 0.264. The first-order valence-electron chi connectivity index (χ1n) is 4.38. The molecule has 12 heavy (non-hydrogen) atoms. The van der Waals surface area contributed by atoms with E-state index in [0.717, 1.165) is 18.5 Å². The van der Waals surface area contributed by atoms with Crippen LogP contribution in [0, 0.1) is 6.92 Å². The average molecular weight is 167 g/mol. The Morgan fingerprint density at radius 1 is 1.67 bits per heavy atom. The minimum Gasteiger partial charge on any atom is -0.327 e. The molecular weight excluding hydrogens is 150 g/mol. The third-order valence-electron chi connectivity index (χ3n) is 2.09. The van der Waals surface area contributed by atoms with Gasteiger partial charge in [0.25, 0.3) is 0 Å². The molecule has 68 valence electrons. The van der Waals surface area contributed by atoms with Crippen molar-refractivity contribution >= 4 is 0 Å². The monoisotopic (exact) mass is 167 g/mol. The SMILES string of the molecule is CCC(N)Cc1cc(C)nn1C. The van der Waals surface area contributed by atoms with Gasteiger partial charge >= 0.3 is 0 Å². The largest absolute Gasteiger partial charge is 0.327 e.